The lowest BCUT2D eigenvalue weighted by Crippen LogP contribution is -2.28. The number of nitrogens with one attached hydrogen (secondary N) is 1. The molecule has 0 spiro atoms. The number of aliphatic hydroxyl groups excluding tert-OH is 1. The summed E-state index contributed by atoms with van der Waals surface area (Å²) in [4.78, 5) is 0. The zero-order valence-electron chi connectivity index (χ0n) is 11.6. The maximum absolute atomic E-state index is 9.20. The summed E-state index contributed by atoms with van der Waals surface area (Å²) in [5.41, 5.74) is 1.25. The van der Waals surface area contributed by atoms with Crippen molar-refractivity contribution in [2.75, 3.05) is 26.4 Å². The van der Waals surface area contributed by atoms with Crippen LogP contribution in [0.4, 0.5) is 0 Å². The maximum Gasteiger partial charge on any atom is 0.115 e. The average molecular weight is 267 g/mol. The first-order valence-corrected chi connectivity index (χ1v) is 6.92. The Labute approximate surface area is 115 Å². The molecule has 1 rings (SSSR count). The number of hydrogen-bond acceptors (Lipinski definition) is 4. The Morgan fingerprint density at radius 1 is 1.21 bits per heavy atom. The fraction of sp³-hybridized carbons (Fsp3) is 0.600. The van der Waals surface area contributed by atoms with Gasteiger partial charge in [-0.2, -0.15) is 0 Å². The zero-order chi connectivity index (χ0) is 13.9. The Balaban J connectivity index is 2.04. The second kappa shape index (κ2) is 9.78. The van der Waals surface area contributed by atoms with Gasteiger partial charge in [0.1, 0.15) is 5.75 Å². The van der Waals surface area contributed by atoms with Crippen molar-refractivity contribution >= 4 is 0 Å². The van der Waals surface area contributed by atoms with E-state index in [-0.39, 0.29) is 6.61 Å². The Kier molecular flexibility index (Phi) is 8.21. The van der Waals surface area contributed by atoms with Gasteiger partial charge in [-0.1, -0.05) is 12.1 Å². The molecule has 4 heteroatoms. The number of benzene rings is 1. The van der Waals surface area contributed by atoms with Crippen molar-refractivity contribution in [3.05, 3.63) is 29.8 Å². The molecule has 3 N–H and O–H groups in total. The highest BCUT2D eigenvalue weighted by molar-refractivity contribution is 5.25. The minimum atomic E-state index is 0.0937. The molecule has 0 radical (unpaired) electrons. The SMILES string of the molecule is CC(CCc1ccc(O)cc1)NCCCOCCO. The molecule has 0 aromatic heterocycles. The van der Waals surface area contributed by atoms with Gasteiger partial charge in [0.15, 0.2) is 0 Å². The molecule has 1 aromatic rings. The predicted molar refractivity (Wildman–Crippen MR) is 76.4 cm³/mol. The fourth-order valence-electron chi connectivity index (χ4n) is 1.84. The van der Waals surface area contributed by atoms with Gasteiger partial charge >= 0.3 is 0 Å². The van der Waals surface area contributed by atoms with Crippen molar-refractivity contribution in [2.24, 2.45) is 0 Å². The van der Waals surface area contributed by atoms with Gasteiger partial charge in [0.2, 0.25) is 0 Å². The number of aliphatic hydroxyl groups is 1. The monoisotopic (exact) mass is 267 g/mol. The molecule has 0 saturated heterocycles. The van der Waals surface area contributed by atoms with Crippen LogP contribution >= 0.6 is 0 Å². The Bertz CT molecular complexity index is 327. The van der Waals surface area contributed by atoms with Crippen LogP contribution < -0.4 is 5.32 Å². The standard InChI is InChI=1S/C15H25NO3/c1-13(16-9-2-11-19-12-10-17)3-4-14-5-7-15(18)8-6-14/h5-8,13,16-18H,2-4,9-12H2,1H3. The first-order valence-electron chi connectivity index (χ1n) is 6.92. The number of aryl methyl sites for hydroxylation is 1. The molecule has 19 heavy (non-hydrogen) atoms. The number of hydrogen-bond donors (Lipinski definition) is 3. The van der Waals surface area contributed by atoms with Gasteiger partial charge in [-0.15, -0.1) is 0 Å². The van der Waals surface area contributed by atoms with Gasteiger partial charge in [-0.25, -0.2) is 0 Å². The largest absolute Gasteiger partial charge is 0.508 e. The number of aromatic hydroxyl groups is 1. The van der Waals surface area contributed by atoms with Crippen LogP contribution in [0.1, 0.15) is 25.3 Å². The molecule has 0 aliphatic rings. The summed E-state index contributed by atoms with van der Waals surface area (Å²) in [7, 11) is 0. The van der Waals surface area contributed by atoms with Gasteiger partial charge in [0.05, 0.1) is 13.2 Å². The second-order valence-corrected chi connectivity index (χ2v) is 4.75. The van der Waals surface area contributed by atoms with Gasteiger partial charge in [-0.3, -0.25) is 0 Å². The predicted octanol–water partition coefficient (Wildman–Crippen LogP) is 1.70. The summed E-state index contributed by atoms with van der Waals surface area (Å²) in [6.45, 7) is 4.32. The lowest BCUT2D eigenvalue weighted by molar-refractivity contribution is 0.0904. The molecule has 0 saturated carbocycles. The maximum atomic E-state index is 9.20. The molecule has 1 aromatic carbocycles. The van der Waals surface area contributed by atoms with E-state index in [1.807, 2.05) is 12.1 Å². The number of ether oxygens (including phenoxy) is 1. The van der Waals surface area contributed by atoms with Gasteiger partial charge < -0.3 is 20.3 Å². The first-order chi connectivity index (χ1) is 9.22. The molecule has 108 valence electrons. The van der Waals surface area contributed by atoms with Crippen molar-refractivity contribution in [1.29, 1.82) is 0 Å². The van der Waals surface area contributed by atoms with Gasteiger partial charge in [0.25, 0.3) is 0 Å². The Hall–Kier alpha value is -1.10. The fourth-order valence-corrected chi connectivity index (χ4v) is 1.84. The minimum Gasteiger partial charge on any atom is -0.508 e. The lowest BCUT2D eigenvalue weighted by Gasteiger charge is -2.13. The van der Waals surface area contributed by atoms with Crippen LogP contribution in [0.25, 0.3) is 0 Å². The number of rotatable bonds is 10. The van der Waals surface area contributed by atoms with E-state index in [2.05, 4.69) is 12.2 Å². The quantitative estimate of drug-likeness (QED) is 0.565. The molecule has 4 nitrogen and oxygen atoms in total. The summed E-state index contributed by atoms with van der Waals surface area (Å²) in [6.07, 6.45) is 3.04. The third kappa shape index (κ3) is 7.82. The molecule has 0 bridgehead atoms. The minimum absolute atomic E-state index is 0.0937. The third-order valence-corrected chi connectivity index (χ3v) is 3.00. The van der Waals surface area contributed by atoms with Crippen LogP contribution in [0.5, 0.6) is 5.75 Å². The summed E-state index contributed by atoms with van der Waals surface area (Å²) in [5.74, 6) is 0.317. The van der Waals surface area contributed by atoms with E-state index in [9.17, 15) is 5.11 Å². The highest BCUT2D eigenvalue weighted by Gasteiger charge is 2.02. The highest BCUT2D eigenvalue weighted by atomic mass is 16.5. The van der Waals surface area contributed by atoms with Crippen molar-refractivity contribution in [2.45, 2.75) is 32.2 Å². The second-order valence-electron chi connectivity index (χ2n) is 4.75. The molecule has 0 fully saturated rings. The zero-order valence-corrected chi connectivity index (χ0v) is 11.6. The highest BCUT2D eigenvalue weighted by Crippen LogP contribution is 2.11. The van der Waals surface area contributed by atoms with Crippen molar-refractivity contribution in [3.63, 3.8) is 0 Å². The van der Waals surface area contributed by atoms with Crippen LogP contribution in [0, 0.1) is 0 Å². The molecular formula is C15H25NO3. The summed E-state index contributed by atoms with van der Waals surface area (Å²) < 4.78 is 5.19. The van der Waals surface area contributed by atoms with Crippen LogP contribution in [0.3, 0.4) is 0 Å². The number of phenolic OH excluding ortho intramolecular Hbond substituents is 1. The molecule has 0 amide bonds. The van der Waals surface area contributed by atoms with E-state index in [4.69, 9.17) is 9.84 Å². The van der Waals surface area contributed by atoms with E-state index in [1.165, 1.54) is 5.56 Å². The Morgan fingerprint density at radius 2 is 1.95 bits per heavy atom. The molecular weight excluding hydrogens is 242 g/mol. The van der Waals surface area contributed by atoms with E-state index >= 15 is 0 Å². The van der Waals surface area contributed by atoms with Crippen LogP contribution in [-0.4, -0.2) is 42.6 Å². The third-order valence-electron chi connectivity index (χ3n) is 3.00. The van der Waals surface area contributed by atoms with Crippen molar-refractivity contribution < 1.29 is 14.9 Å². The molecule has 1 unspecified atom stereocenters. The van der Waals surface area contributed by atoms with Gasteiger partial charge in [0, 0.05) is 12.6 Å². The normalized spacial score (nSPS) is 12.5. The van der Waals surface area contributed by atoms with E-state index in [0.29, 0.717) is 25.0 Å². The topological polar surface area (TPSA) is 61.7 Å². The molecule has 0 heterocycles. The van der Waals surface area contributed by atoms with Crippen molar-refractivity contribution in [1.82, 2.24) is 5.32 Å². The smallest absolute Gasteiger partial charge is 0.115 e. The number of phenols is 1. The summed E-state index contributed by atoms with van der Waals surface area (Å²) in [5, 5.41) is 21.2. The first kappa shape index (κ1) is 16.0. The Morgan fingerprint density at radius 3 is 2.63 bits per heavy atom. The van der Waals surface area contributed by atoms with Crippen LogP contribution in [-0.2, 0) is 11.2 Å². The van der Waals surface area contributed by atoms with Crippen LogP contribution in [0.2, 0.25) is 0 Å². The van der Waals surface area contributed by atoms with E-state index in [1.54, 1.807) is 12.1 Å². The molecule has 1 atom stereocenters. The van der Waals surface area contributed by atoms with Gasteiger partial charge in [-0.05, 0) is 50.4 Å². The van der Waals surface area contributed by atoms with E-state index in [0.717, 1.165) is 25.8 Å². The summed E-state index contributed by atoms with van der Waals surface area (Å²) in [6, 6.07) is 7.85. The molecule has 0 aliphatic carbocycles. The molecule has 0 aliphatic heterocycles. The lowest BCUT2D eigenvalue weighted by atomic mass is 10.1. The van der Waals surface area contributed by atoms with Crippen LogP contribution in [0.15, 0.2) is 24.3 Å². The van der Waals surface area contributed by atoms with Crippen molar-refractivity contribution in [3.8, 4) is 5.75 Å². The summed E-state index contributed by atoms with van der Waals surface area (Å²) >= 11 is 0. The van der Waals surface area contributed by atoms with E-state index < -0.39 is 0 Å². The average Bonchev–Trinajstić information content (AvgIpc) is 2.42.